The van der Waals surface area contributed by atoms with Crippen LogP contribution in [-0.4, -0.2) is 34.5 Å². The van der Waals surface area contributed by atoms with Gasteiger partial charge in [0.25, 0.3) is 0 Å². The maximum absolute atomic E-state index is 12.3. The Morgan fingerprint density at radius 2 is 2.10 bits per heavy atom. The van der Waals surface area contributed by atoms with Gasteiger partial charge in [-0.15, -0.1) is 0 Å². The fourth-order valence-electron chi connectivity index (χ4n) is 1.62. The van der Waals surface area contributed by atoms with Gasteiger partial charge >= 0.3 is 0 Å². The van der Waals surface area contributed by atoms with Gasteiger partial charge in [-0.25, -0.2) is 13.1 Å². The Bertz CT molecular complexity index is 672. The molecule has 21 heavy (non-hydrogen) atoms. The van der Waals surface area contributed by atoms with Gasteiger partial charge in [-0.05, 0) is 24.6 Å². The van der Waals surface area contributed by atoms with Gasteiger partial charge in [0, 0.05) is 25.6 Å². The Morgan fingerprint density at radius 1 is 1.38 bits per heavy atom. The average molecular weight is 309 g/mol. The van der Waals surface area contributed by atoms with E-state index in [1.165, 1.54) is 13.1 Å². The number of rotatable bonds is 5. The van der Waals surface area contributed by atoms with Gasteiger partial charge in [-0.2, -0.15) is 0 Å². The average Bonchev–Trinajstić information content (AvgIpc) is 2.44. The van der Waals surface area contributed by atoms with Crippen LogP contribution in [0.15, 0.2) is 23.1 Å². The van der Waals surface area contributed by atoms with Gasteiger partial charge in [0.05, 0.1) is 11.4 Å². The van der Waals surface area contributed by atoms with Crippen LogP contribution in [0.1, 0.15) is 17.5 Å². The molecule has 1 aromatic rings. The van der Waals surface area contributed by atoms with Crippen molar-refractivity contribution in [3.63, 3.8) is 0 Å². The zero-order valence-corrected chi connectivity index (χ0v) is 12.9. The van der Waals surface area contributed by atoms with Crippen molar-refractivity contribution >= 4 is 15.9 Å². The molecule has 7 heteroatoms. The maximum Gasteiger partial charge on any atom is 0.241 e. The molecule has 114 valence electrons. The van der Waals surface area contributed by atoms with Gasteiger partial charge in [0.1, 0.15) is 0 Å². The maximum atomic E-state index is 12.3. The van der Waals surface area contributed by atoms with Crippen LogP contribution in [0.5, 0.6) is 0 Å². The highest BCUT2D eigenvalue weighted by molar-refractivity contribution is 7.89. The van der Waals surface area contributed by atoms with E-state index in [9.17, 15) is 13.2 Å². The molecule has 1 rings (SSSR count). The first-order valence-corrected chi connectivity index (χ1v) is 7.89. The Balaban J connectivity index is 2.99. The van der Waals surface area contributed by atoms with Crippen molar-refractivity contribution in [2.45, 2.75) is 18.2 Å². The topological polar surface area (TPSA) is 101 Å². The lowest BCUT2D eigenvalue weighted by molar-refractivity contribution is -0.120. The van der Waals surface area contributed by atoms with Crippen molar-refractivity contribution in [3.05, 3.63) is 29.3 Å². The molecule has 0 aliphatic rings. The normalized spacial score (nSPS) is 10.6. The lowest BCUT2D eigenvalue weighted by Crippen LogP contribution is -2.29. The zero-order chi connectivity index (χ0) is 15.9. The Labute approximate surface area is 125 Å². The summed E-state index contributed by atoms with van der Waals surface area (Å²) in [4.78, 5) is 11.2. The smallest absolute Gasteiger partial charge is 0.241 e. The molecule has 0 bridgehead atoms. The van der Waals surface area contributed by atoms with Crippen LogP contribution in [0.4, 0.5) is 0 Å². The third kappa shape index (κ3) is 5.19. The third-order valence-electron chi connectivity index (χ3n) is 2.67. The third-order valence-corrected chi connectivity index (χ3v) is 4.19. The van der Waals surface area contributed by atoms with E-state index < -0.39 is 10.0 Å². The number of hydrogen-bond acceptors (Lipinski definition) is 4. The Kier molecular flexibility index (Phi) is 6.37. The highest BCUT2D eigenvalue weighted by Crippen LogP contribution is 2.16. The summed E-state index contributed by atoms with van der Waals surface area (Å²) < 4.78 is 26.9. The number of benzene rings is 1. The Morgan fingerprint density at radius 3 is 2.71 bits per heavy atom. The molecule has 0 aromatic heterocycles. The molecule has 0 aliphatic carbocycles. The van der Waals surface area contributed by atoms with E-state index >= 15 is 0 Å². The summed E-state index contributed by atoms with van der Waals surface area (Å²) in [6.07, 6.45) is 0.0748. The number of sulfonamides is 1. The van der Waals surface area contributed by atoms with Gasteiger partial charge in [0.2, 0.25) is 15.9 Å². The van der Waals surface area contributed by atoms with Crippen LogP contribution in [-0.2, 0) is 14.8 Å². The number of nitrogens with one attached hydrogen (secondary N) is 2. The first kappa shape index (κ1) is 17.2. The summed E-state index contributed by atoms with van der Waals surface area (Å²) in [5.74, 6) is 5.17. The molecule has 0 heterocycles. The summed E-state index contributed by atoms with van der Waals surface area (Å²) >= 11 is 0. The monoisotopic (exact) mass is 309 g/mol. The number of hydrogen-bond donors (Lipinski definition) is 3. The second-order valence-corrected chi connectivity index (χ2v) is 6.06. The van der Waals surface area contributed by atoms with Crippen molar-refractivity contribution in [2.75, 3.05) is 20.1 Å². The van der Waals surface area contributed by atoms with Crippen LogP contribution in [0.2, 0.25) is 0 Å². The SMILES string of the molecule is CNC(=O)CCNS(=O)(=O)c1ccc(C)cc1C#CCN. The van der Waals surface area contributed by atoms with Crippen molar-refractivity contribution in [3.8, 4) is 11.8 Å². The summed E-state index contributed by atoms with van der Waals surface area (Å²) in [6, 6.07) is 4.88. The molecule has 6 nitrogen and oxygen atoms in total. The van der Waals surface area contributed by atoms with Crippen LogP contribution >= 0.6 is 0 Å². The fourth-order valence-corrected chi connectivity index (χ4v) is 2.80. The van der Waals surface area contributed by atoms with Crippen molar-refractivity contribution in [1.29, 1.82) is 0 Å². The van der Waals surface area contributed by atoms with Crippen LogP contribution < -0.4 is 15.8 Å². The number of carbonyl (C=O) groups is 1. The fraction of sp³-hybridized carbons (Fsp3) is 0.357. The molecule has 0 fully saturated rings. The molecule has 0 aliphatic heterocycles. The highest BCUT2D eigenvalue weighted by Gasteiger charge is 2.17. The molecule has 0 radical (unpaired) electrons. The van der Waals surface area contributed by atoms with Crippen molar-refractivity contribution < 1.29 is 13.2 Å². The van der Waals surface area contributed by atoms with Gasteiger partial charge in [-0.1, -0.05) is 17.9 Å². The molecule has 0 spiro atoms. The minimum Gasteiger partial charge on any atom is -0.359 e. The quantitative estimate of drug-likeness (QED) is 0.651. The number of amides is 1. The molecule has 4 N–H and O–H groups in total. The molecule has 1 amide bonds. The van der Waals surface area contributed by atoms with Crippen LogP contribution in [0.25, 0.3) is 0 Å². The molecular weight excluding hydrogens is 290 g/mol. The highest BCUT2D eigenvalue weighted by atomic mass is 32.2. The van der Waals surface area contributed by atoms with Crippen molar-refractivity contribution in [1.82, 2.24) is 10.0 Å². The summed E-state index contributed by atoms with van der Waals surface area (Å²) in [5, 5.41) is 2.43. The first-order chi connectivity index (χ1) is 9.90. The number of carbonyl (C=O) groups excluding carboxylic acids is 1. The zero-order valence-electron chi connectivity index (χ0n) is 12.1. The van der Waals surface area contributed by atoms with E-state index in [0.29, 0.717) is 5.56 Å². The number of aryl methyl sites for hydroxylation is 1. The lowest BCUT2D eigenvalue weighted by Gasteiger charge is -2.09. The van der Waals surface area contributed by atoms with Crippen LogP contribution in [0.3, 0.4) is 0 Å². The predicted molar refractivity (Wildman–Crippen MR) is 81.0 cm³/mol. The molecular formula is C14H19N3O3S. The first-order valence-electron chi connectivity index (χ1n) is 6.40. The minimum absolute atomic E-state index is 0.0274. The number of nitrogens with two attached hydrogens (primary N) is 1. The van der Waals surface area contributed by atoms with E-state index in [-0.39, 0.29) is 30.3 Å². The molecule has 0 unspecified atom stereocenters. The molecule has 1 aromatic carbocycles. The second kappa shape index (κ2) is 7.78. The van der Waals surface area contributed by atoms with E-state index in [4.69, 9.17) is 5.73 Å². The van der Waals surface area contributed by atoms with Crippen molar-refractivity contribution in [2.24, 2.45) is 5.73 Å². The van der Waals surface area contributed by atoms with E-state index in [2.05, 4.69) is 21.9 Å². The summed E-state index contributed by atoms with van der Waals surface area (Å²) in [5.41, 5.74) is 6.62. The lowest BCUT2D eigenvalue weighted by atomic mass is 10.1. The predicted octanol–water partition coefficient (Wildman–Crippen LogP) is -0.280. The van der Waals surface area contributed by atoms with E-state index in [1.807, 2.05) is 6.92 Å². The molecule has 0 saturated carbocycles. The second-order valence-electron chi connectivity index (χ2n) is 4.33. The van der Waals surface area contributed by atoms with Crippen LogP contribution in [0, 0.1) is 18.8 Å². The minimum atomic E-state index is -3.72. The standard InChI is InChI=1S/C14H19N3O3S/c1-11-5-6-13(12(10-11)4-3-8-15)21(19,20)17-9-7-14(18)16-2/h5-6,10,17H,7-9,15H2,1-2H3,(H,16,18). The van der Waals surface area contributed by atoms with Gasteiger partial charge < -0.3 is 11.1 Å². The van der Waals surface area contributed by atoms with E-state index in [0.717, 1.165) is 5.56 Å². The summed E-state index contributed by atoms with van der Waals surface area (Å²) in [7, 11) is -2.22. The Hall–Kier alpha value is -1.88. The largest absolute Gasteiger partial charge is 0.359 e. The molecule has 0 atom stereocenters. The van der Waals surface area contributed by atoms with Gasteiger partial charge in [-0.3, -0.25) is 4.79 Å². The molecule has 0 saturated heterocycles. The van der Waals surface area contributed by atoms with E-state index in [1.54, 1.807) is 12.1 Å². The summed E-state index contributed by atoms with van der Waals surface area (Å²) in [6.45, 7) is 2.03. The van der Waals surface area contributed by atoms with Gasteiger partial charge in [0.15, 0.2) is 0 Å².